The fourth-order valence-corrected chi connectivity index (χ4v) is 2.49. The van der Waals surface area contributed by atoms with Gasteiger partial charge in [0.15, 0.2) is 16.3 Å². The standard InChI is InChI=1S/C16H20N2O3S/c1-11(2)10-21-13-6-5-12(9-14(13)20-4)15(19)17-16-18(3)7-8-22-16/h5-9,11H,10H2,1-4H3. The maximum absolute atomic E-state index is 12.2. The second-order valence-corrected chi connectivity index (χ2v) is 6.16. The molecule has 6 heteroatoms. The number of hydrogen-bond donors (Lipinski definition) is 0. The highest BCUT2D eigenvalue weighted by Gasteiger charge is 2.11. The van der Waals surface area contributed by atoms with E-state index in [1.807, 2.05) is 18.6 Å². The number of carbonyl (C=O) groups excluding carboxylic acids is 1. The van der Waals surface area contributed by atoms with Gasteiger partial charge < -0.3 is 14.0 Å². The smallest absolute Gasteiger partial charge is 0.279 e. The molecule has 5 nitrogen and oxygen atoms in total. The summed E-state index contributed by atoms with van der Waals surface area (Å²) in [6.07, 6.45) is 1.86. The molecule has 0 saturated carbocycles. The molecule has 2 rings (SSSR count). The van der Waals surface area contributed by atoms with E-state index in [1.165, 1.54) is 11.3 Å². The van der Waals surface area contributed by atoms with Crippen LogP contribution in [0.4, 0.5) is 0 Å². The zero-order valence-electron chi connectivity index (χ0n) is 13.2. The van der Waals surface area contributed by atoms with Gasteiger partial charge >= 0.3 is 0 Å². The molecule has 0 fully saturated rings. The first-order chi connectivity index (χ1) is 10.5. The van der Waals surface area contributed by atoms with Crippen molar-refractivity contribution < 1.29 is 14.3 Å². The van der Waals surface area contributed by atoms with Crippen LogP contribution in [0.2, 0.25) is 0 Å². The van der Waals surface area contributed by atoms with Crippen molar-refractivity contribution in [2.45, 2.75) is 13.8 Å². The lowest BCUT2D eigenvalue weighted by molar-refractivity contribution is 0.0997. The van der Waals surface area contributed by atoms with E-state index in [0.29, 0.717) is 34.4 Å². The molecule has 0 spiro atoms. The lowest BCUT2D eigenvalue weighted by Crippen LogP contribution is -2.12. The molecule has 1 aromatic carbocycles. The fraction of sp³-hybridized carbons (Fsp3) is 0.375. The van der Waals surface area contributed by atoms with Crippen LogP contribution in [0.1, 0.15) is 24.2 Å². The molecule has 1 heterocycles. The van der Waals surface area contributed by atoms with Crippen molar-refractivity contribution in [2.75, 3.05) is 13.7 Å². The average Bonchev–Trinajstić information content (AvgIpc) is 2.90. The van der Waals surface area contributed by atoms with Gasteiger partial charge in [0, 0.05) is 24.2 Å². The Hall–Kier alpha value is -2.08. The molecule has 0 aliphatic rings. The first-order valence-electron chi connectivity index (χ1n) is 7.01. The zero-order chi connectivity index (χ0) is 16.1. The number of ether oxygens (including phenoxy) is 2. The third-order valence-electron chi connectivity index (χ3n) is 2.94. The molecular weight excluding hydrogens is 300 g/mol. The summed E-state index contributed by atoms with van der Waals surface area (Å²) < 4.78 is 12.8. The lowest BCUT2D eigenvalue weighted by atomic mass is 10.2. The van der Waals surface area contributed by atoms with Crippen molar-refractivity contribution in [3.05, 3.63) is 40.1 Å². The summed E-state index contributed by atoms with van der Waals surface area (Å²) in [5.41, 5.74) is 0.474. The molecule has 0 saturated heterocycles. The highest BCUT2D eigenvalue weighted by molar-refractivity contribution is 7.07. The maximum Gasteiger partial charge on any atom is 0.279 e. The average molecular weight is 320 g/mol. The third-order valence-corrected chi connectivity index (χ3v) is 3.79. The Kier molecular flexibility index (Phi) is 5.38. The van der Waals surface area contributed by atoms with E-state index in [9.17, 15) is 4.79 Å². The molecule has 22 heavy (non-hydrogen) atoms. The molecule has 0 aliphatic carbocycles. The number of nitrogens with zero attached hydrogens (tertiary/aromatic N) is 2. The van der Waals surface area contributed by atoms with Crippen molar-refractivity contribution >= 4 is 17.2 Å². The Labute approximate surface area is 133 Å². The van der Waals surface area contributed by atoms with Crippen LogP contribution in [0.15, 0.2) is 34.8 Å². The van der Waals surface area contributed by atoms with E-state index in [0.717, 1.165) is 0 Å². The number of amides is 1. The topological polar surface area (TPSA) is 52.8 Å². The largest absolute Gasteiger partial charge is 0.493 e. The van der Waals surface area contributed by atoms with Crippen LogP contribution in [0.5, 0.6) is 11.5 Å². The molecule has 2 aromatic rings. The molecule has 0 unspecified atom stereocenters. The van der Waals surface area contributed by atoms with Crippen molar-refractivity contribution in [1.82, 2.24) is 4.57 Å². The number of hydrogen-bond acceptors (Lipinski definition) is 4. The SMILES string of the molecule is COc1cc(C(=O)N=c2sccn2C)ccc1OCC(C)C. The van der Waals surface area contributed by atoms with Crippen LogP contribution in [-0.2, 0) is 7.05 Å². The molecule has 1 aromatic heterocycles. The van der Waals surface area contributed by atoms with Gasteiger partial charge in [0.2, 0.25) is 0 Å². The minimum Gasteiger partial charge on any atom is -0.493 e. The second-order valence-electron chi connectivity index (χ2n) is 5.28. The van der Waals surface area contributed by atoms with Crippen molar-refractivity contribution in [3.8, 4) is 11.5 Å². The Balaban J connectivity index is 2.26. The number of methoxy groups -OCH3 is 1. The highest BCUT2D eigenvalue weighted by Crippen LogP contribution is 2.28. The number of aryl methyl sites for hydroxylation is 1. The van der Waals surface area contributed by atoms with E-state index >= 15 is 0 Å². The third kappa shape index (κ3) is 3.98. The van der Waals surface area contributed by atoms with Gasteiger partial charge in [0.05, 0.1) is 13.7 Å². The van der Waals surface area contributed by atoms with Gasteiger partial charge in [0.25, 0.3) is 5.91 Å². The summed E-state index contributed by atoms with van der Waals surface area (Å²) in [5, 5.41) is 1.88. The van der Waals surface area contributed by atoms with Gasteiger partial charge in [-0.2, -0.15) is 4.99 Å². The van der Waals surface area contributed by atoms with Crippen molar-refractivity contribution in [1.29, 1.82) is 0 Å². The highest BCUT2D eigenvalue weighted by atomic mass is 32.1. The van der Waals surface area contributed by atoms with Gasteiger partial charge in [-0.3, -0.25) is 4.79 Å². The van der Waals surface area contributed by atoms with Gasteiger partial charge in [-0.05, 0) is 24.1 Å². The Morgan fingerprint density at radius 2 is 2.14 bits per heavy atom. The van der Waals surface area contributed by atoms with Crippen LogP contribution in [-0.4, -0.2) is 24.2 Å². The van der Waals surface area contributed by atoms with Crippen LogP contribution >= 0.6 is 11.3 Å². The normalized spacial score (nSPS) is 11.8. The summed E-state index contributed by atoms with van der Waals surface area (Å²) in [7, 11) is 3.41. The van der Waals surface area contributed by atoms with Crippen LogP contribution < -0.4 is 14.3 Å². The molecule has 0 N–H and O–H groups in total. The summed E-state index contributed by atoms with van der Waals surface area (Å²) in [6, 6.07) is 5.12. The minimum absolute atomic E-state index is 0.299. The number of benzene rings is 1. The summed E-state index contributed by atoms with van der Waals surface area (Å²) in [5.74, 6) is 1.29. The van der Waals surface area contributed by atoms with E-state index in [2.05, 4.69) is 18.8 Å². The number of aromatic nitrogens is 1. The van der Waals surface area contributed by atoms with E-state index < -0.39 is 0 Å². The predicted octanol–water partition coefficient (Wildman–Crippen LogP) is 2.87. The van der Waals surface area contributed by atoms with Gasteiger partial charge in [0.1, 0.15) is 0 Å². The number of carbonyl (C=O) groups is 1. The fourth-order valence-electron chi connectivity index (χ4n) is 1.76. The molecule has 1 amide bonds. The number of thiazole rings is 1. The van der Waals surface area contributed by atoms with E-state index in [1.54, 1.807) is 29.9 Å². The molecule has 0 radical (unpaired) electrons. The minimum atomic E-state index is -0.299. The lowest BCUT2D eigenvalue weighted by Gasteiger charge is -2.12. The molecule has 0 aliphatic heterocycles. The summed E-state index contributed by atoms with van der Waals surface area (Å²) in [4.78, 5) is 17.0. The molecule has 0 atom stereocenters. The molecular formula is C16H20N2O3S. The molecule has 118 valence electrons. The van der Waals surface area contributed by atoms with Gasteiger partial charge in [-0.25, -0.2) is 0 Å². The van der Waals surface area contributed by atoms with E-state index in [4.69, 9.17) is 9.47 Å². The monoisotopic (exact) mass is 320 g/mol. The summed E-state index contributed by atoms with van der Waals surface area (Å²) in [6.45, 7) is 4.74. The van der Waals surface area contributed by atoms with Gasteiger partial charge in [-0.1, -0.05) is 13.8 Å². The predicted molar refractivity (Wildman–Crippen MR) is 86.5 cm³/mol. The summed E-state index contributed by atoms with van der Waals surface area (Å²) >= 11 is 1.42. The van der Waals surface area contributed by atoms with E-state index in [-0.39, 0.29) is 5.91 Å². The first kappa shape index (κ1) is 16.3. The van der Waals surface area contributed by atoms with Crippen molar-refractivity contribution in [3.63, 3.8) is 0 Å². The van der Waals surface area contributed by atoms with Crippen LogP contribution in [0.25, 0.3) is 0 Å². The Bertz CT molecular complexity index is 716. The van der Waals surface area contributed by atoms with Crippen LogP contribution in [0.3, 0.4) is 0 Å². The second kappa shape index (κ2) is 7.26. The molecule has 0 bridgehead atoms. The maximum atomic E-state index is 12.2. The number of rotatable bonds is 5. The zero-order valence-corrected chi connectivity index (χ0v) is 14.0. The van der Waals surface area contributed by atoms with Crippen molar-refractivity contribution in [2.24, 2.45) is 18.0 Å². The van der Waals surface area contributed by atoms with Crippen LogP contribution in [0, 0.1) is 5.92 Å². The first-order valence-corrected chi connectivity index (χ1v) is 7.89. The Morgan fingerprint density at radius 3 is 2.73 bits per heavy atom. The quantitative estimate of drug-likeness (QED) is 0.851. The Morgan fingerprint density at radius 1 is 1.36 bits per heavy atom. The van der Waals surface area contributed by atoms with Gasteiger partial charge in [-0.15, -0.1) is 11.3 Å².